The molecule has 4 aromatic rings. The van der Waals surface area contributed by atoms with Gasteiger partial charge in [-0.15, -0.1) is 0 Å². The van der Waals surface area contributed by atoms with E-state index in [0.717, 1.165) is 9.87 Å². The second kappa shape index (κ2) is 14.3. The zero-order chi connectivity index (χ0) is 33.7. The van der Waals surface area contributed by atoms with Crippen molar-refractivity contribution in [1.29, 1.82) is 0 Å². The van der Waals surface area contributed by atoms with Crippen molar-refractivity contribution >= 4 is 53.8 Å². The molecular formula is C34H40N2O8S2. The number of nitrogens with zero attached hydrogens (tertiary/aromatic N) is 2. The first-order valence-electron chi connectivity index (χ1n) is 15.1. The van der Waals surface area contributed by atoms with Gasteiger partial charge in [0.2, 0.25) is 0 Å². The van der Waals surface area contributed by atoms with Gasteiger partial charge in [-0.2, -0.15) is 8.42 Å². The molecule has 12 heteroatoms. The van der Waals surface area contributed by atoms with Gasteiger partial charge in [-0.25, -0.2) is 17.7 Å². The molecule has 1 heterocycles. The summed E-state index contributed by atoms with van der Waals surface area (Å²) in [6.45, 7) is 8.88. The van der Waals surface area contributed by atoms with Crippen LogP contribution in [0.1, 0.15) is 69.3 Å². The molecule has 0 saturated heterocycles. The van der Waals surface area contributed by atoms with E-state index in [1.165, 1.54) is 12.1 Å². The Hall–Kier alpha value is -3.87. The third-order valence-electron chi connectivity index (χ3n) is 7.27. The van der Waals surface area contributed by atoms with Gasteiger partial charge in [0.05, 0.1) is 46.9 Å². The number of amides is 1. The van der Waals surface area contributed by atoms with Crippen molar-refractivity contribution in [3.05, 3.63) is 83.9 Å². The number of benzene rings is 3. The molecule has 1 unspecified atom stereocenters. The van der Waals surface area contributed by atoms with Crippen LogP contribution in [0.25, 0.3) is 21.8 Å². The quantitative estimate of drug-likeness (QED) is 0.0946. The van der Waals surface area contributed by atoms with E-state index in [9.17, 15) is 26.4 Å². The second-order valence-electron chi connectivity index (χ2n) is 12.3. The number of fused-ring (bicyclic) bond motifs is 2. The average molecular weight is 669 g/mol. The molecule has 0 saturated carbocycles. The van der Waals surface area contributed by atoms with Crippen molar-refractivity contribution in [2.24, 2.45) is 5.41 Å². The molecule has 0 radical (unpaired) electrons. The van der Waals surface area contributed by atoms with Crippen molar-refractivity contribution in [2.75, 3.05) is 25.5 Å². The van der Waals surface area contributed by atoms with Crippen molar-refractivity contribution < 1.29 is 35.3 Å². The third-order valence-corrected chi connectivity index (χ3v) is 10.3. The normalized spacial score (nSPS) is 13.1. The Morgan fingerprint density at radius 2 is 1.43 bits per heavy atom. The molecule has 1 aromatic heterocycles. The van der Waals surface area contributed by atoms with Gasteiger partial charge < -0.3 is 4.74 Å². The second-order valence-corrected chi connectivity index (χ2v) is 15.9. The summed E-state index contributed by atoms with van der Waals surface area (Å²) in [6.07, 6.45) is -0.0639. The van der Waals surface area contributed by atoms with Crippen LogP contribution in [0, 0.1) is 5.41 Å². The topological polar surface area (TPSA) is 137 Å². The summed E-state index contributed by atoms with van der Waals surface area (Å²) in [5.41, 5.74) is 1.50. The van der Waals surface area contributed by atoms with Crippen LogP contribution in [-0.2, 0) is 33.9 Å². The lowest BCUT2D eigenvalue weighted by atomic mass is 9.98. The van der Waals surface area contributed by atoms with Crippen molar-refractivity contribution in [3.8, 4) is 0 Å². The number of ether oxygens (including phenoxy) is 1. The minimum absolute atomic E-state index is 0.0355. The Balaban J connectivity index is 1.73. The molecule has 46 heavy (non-hydrogen) atoms. The van der Waals surface area contributed by atoms with Gasteiger partial charge in [0.1, 0.15) is 0 Å². The molecule has 0 bridgehead atoms. The number of para-hydroxylation sites is 2. The molecule has 10 nitrogen and oxygen atoms in total. The van der Waals surface area contributed by atoms with E-state index in [1.807, 2.05) is 27.7 Å². The lowest BCUT2D eigenvalue weighted by Gasteiger charge is -2.24. The number of hydrogen-bond donors (Lipinski definition) is 0. The number of hydrogen-bond acceptors (Lipinski definition) is 9. The minimum Gasteiger partial charge on any atom is -0.466 e. The van der Waals surface area contributed by atoms with Gasteiger partial charge in [0.15, 0.2) is 0 Å². The highest BCUT2D eigenvalue weighted by molar-refractivity contribution is 7.89. The SMILES string of the molecule is CCOC(=O)CC(C)c1ccc(S(=O)(=O)N(CCCS(=O)(=O)OCC(C)(C)C)C(=O)c2c3ccccc3nc3ccccc23)cc1. The summed E-state index contributed by atoms with van der Waals surface area (Å²) in [6, 6.07) is 19.9. The fourth-order valence-corrected chi connectivity index (χ4v) is 7.47. The van der Waals surface area contributed by atoms with E-state index >= 15 is 0 Å². The molecule has 246 valence electrons. The van der Waals surface area contributed by atoms with E-state index in [2.05, 4.69) is 4.98 Å². The number of carbonyl (C=O) groups excluding carboxylic acids is 2. The maximum Gasteiger partial charge on any atom is 0.306 e. The molecule has 3 aromatic carbocycles. The van der Waals surface area contributed by atoms with E-state index in [-0.39, 0.29) is 48.4 Å². The van der Waals surface area contributed by atoms with Crippen molar-refractivity contribution in [3.63, 3.8) is 0 Å². The average Bonchev–Trinajstić information content (AvgIpc) is 3.00. The molecule has 1 amide bonds. The maximum atomic E-state index is 14.5. The number of aromatic nitrogens is 1. The van der Waals surface area contributed by atoms with Crippen LogP contribution in [0.15, 0.2) is 77.7 Å². The number of carbonyl (C=O) groups is 2. The van der Waals surface area contributed by atoms with Gasteiger partial charge in [-0.05, 0) is 54.5 Å². The maximum absolute atomic E-state index is 14.5. The Bertz CT molecular complexity index is 1880. The van der Waals surface area contributed by atoms with Crippen LogP contribution in [0.5, 0.6) is 0 Å². The zero-order valence-electron chi connectivity index (χ0n) is 26.7. The predicted molar refractivity (Wildman–Crippen MR) is 177 cm³/mol. The first-order valence-corrected chi connectivity index (χ1v) is 18.1. The standard InChI is InChI=1S/C34H40N2O8S2/c1-6-43-31(37)22-24(2)25-16-18-26(19-17-25)46(41,42)36(20-11-21-45(39,40)44-23-34(3,4)5)33(38)32-27-12-7-9-14-29(27)35-30-15-10-8-13-28(30)32/h7-10,12-19,24H,6,11,20-23H2,1-5H3. The smallest absolute Gasteiger partial charge is 0.306 e. The molecule has 0 N–H and O–H groups in total. The molecular weight excluding hydrogens is 629 g/mol. The number of esters is 1. The number of rotatable bonds is 13. The summed E-state index contributed by atoms with van der Waals surface area (Å²) < 4.78 is 64.7. The fourth-order valence-electron chi connectivity index (χ4n) is 4.92. The van der Waals surface area contributed by atoms with Crippen molar-refractivity contribution in [1.82, 2.24) is 9.29 Å². The Kier molecular flexibility index (Phi) is 10.9. The summed E-state index contributed by atoms with van der Waals surface area (Å²) in [4.78, 5) is 30.9. The molecule has 0 fully saturated rings. The minimum atomic E-state index is -4.48. The highest BCUT2D eigenvalue weighted by atomic mass is 32.2. The van der Waals surface area contributed by atoms with E-state index in [1.54, 1.807) is 67.6 Å². The lowest BCUT2D eigenvalue weighted by Crippen LogP contribution is -2.38. The first kappa shape index (κ1) is 35.0. The predicted octanol–water partition coefficient (Wildman–Crippen LogP) is 6.06. The van der Waals surface area contributed by atoms with Crippen LogP contribution in [0.2, 0.25) is 0 Å². The fraction of sp³-hybridized carbons (Fsp3) is 0.382. The van der Waals surface area contributed by atoms with Crippen molar-refractivity contribution in [2.45, 2.75) is 58.3 Å². The summed E-state index contributed by atoms with van der Waals surface area (Å²) in [7, 11) is -8.47. The molecule has 0 aliphatic rings. The number of pyridine rings is 1. The van der Waals surface area contributed by atoms with Crippen LogP contribution in [0.3, 0.4) is 0 Å². The first-order chi connectivity index (χ1) is 21.6. The Morgan fingerprint density at radius 3 is 1.98 bits per heavy atom. The monoisotopic (exact) mass is 668 g/mol. The largest absolute Gasteiger partial charge is 0.466 e. The lowest BCUT2D eigenvalue weighted by molar-refractivity contribution is -0.143. The van der Waals surface area contributed by atoms with E-state index in [0.29, 0.717) is 21.8 Å². The molecule has 0 spiro atoms. The zero-order valence-corrected chi connectivity index (χ0v) is 28.4. The van der Waals surface area contributed by atoms with Gasteiger partial charge in [0.25, 0.3) is 26.0 Å². The number of sulfonamides is 1. The summed E-state index contributed by atoms with van der Waals surface area (Å²) in [5, 5.41) is 0.936. The highest BCUT2D eigenvalue weighted by Crippen LogP contribution is 2.30. The Morgan fingerprint density at radius 1 is 0.870 bits per heavy atom. The molecule has 0 aliphatic heterocycles. The van der Waals surface area contributed by atoms with Crippen LogP contribution >= 0.6 is 0 Å². The van der Waals surface area contributed by atoms with E-state index < -0.39 is 43.8 Å². The molecule has 1 atom stereocenters. The van der Waals surface area contributed by atoms with Crippen LogP contribution in [-0.4, -0.2) is 63.5 Å². The molecule has 0 aliphatic carbocycles. The third kappa shape index (κ3) is 8.48. The summed E-state index contributed by atoms with van der Waals surface area (Å²) in [5.74, 6) is -1.88. The van der Waals surface area contributed by atoms with Gasteiger partial charge in [-0.3, -0.25) is 13.8 Å². The van der Waals surface area contributed by atoms with Gasteiger partial charge >= 0.3 is 5.97 Å². The molecule has 4 rings (SSSR count). The van der Waals surface area contributed by atoms with Crippen LogP contribution in [0.4, 0.5) is 0 Å². The summed E-state index contributed by atoms with van der Waals surface area (Å²) >= 11 is 0. The van der Waals surface area contributed by atoms with Gasteiger partial charge in [0, 0.05) is 17.3 Å². The van der Waals surface area contributed by atoms with E-state index in [4.69, 9.17) is 8.92 Å². The Labute approximate surface area is 270 Å². The van der Waals surface area contributed by atoms with Crippen LogP contribution < -0.4 is 0 Å². The highest BCUT2D eigenvalue weighted by Gasteiger charge is 2.33. The van der Waals surface area contributed by atoms with Gasteiger partial charge in [-0.1, -0.05) is 76.2 Å².